The molecule has 0 aliphatic rings. The molecule has 0 amide bonds. The lowest BCUT2D eigenvalue weighted by Crippen LogP contribution is -2.12. The van der Waals surface area contributed by atoms with Crippen molar-refractivity contribution in [3.63, 3.8) is 0 Å². The average molecular weight is 249 g/mol. The molecule has 0 bridgehead atoms. The van der Waals surface area contributed by atoms with Gasteiger partial charge in [0.15, 0.2) is 0 Å². The Bertz CT molecular complexity index is 507. The molecule has 0 aliphatic heterocycles. The second-order valence-electron chi connectivity index (χ2n) is 4.49. The zero-order chi connectivity index (χ0) is 13.1. The Hall–Kier alpha value is -1.75. The van der Waals surface area contributed by atoms with Gasteiger partial charge in [-0.3, -0.25) is 0 Å². The summed E-state index contributed by atoms with van der Waals surface area (Å²) in [7, 11) is 0. The Balaban J connectivity index is 2.13. The van der Waals surface area contributed by atoms with Gasteiger partial charge in [-0.25, -0.2) is 14.1 Å². The molecule has 5 heteroatoms. The third-order valence-corrected chi connectivity index (χ3v) is 2.77. The van der Waals surface area contributed by atoms with Crippen molar-refractivity contribution >= 4 is 0 Å². The molecule has 0 spiro atoms. The highest BCUT2D eigenvalue weighted by Gasteiger charge is 2.14. The minimum Gasteiger partial charge on any atom is -0.388 e. The summed E-state index contributed by atoms with van der Waals surface area (Å²) in [6, 6.07) is 6.03. The summed E-state index contributed by atoms with van der Waals surface area (Å²) >= 11 is 0. The molecule has 0 aliphatic carbocycles. The van der Waals surface area contributed by atoms with E-state index in [-0.39, 0.29) is 11.9 Å². The third-order valence-electron chi connectivity index (χ3n) is 2.77. The molecule has 1 heterocycles. The van der Waals surface area contributed by atoms with Gasteiger partial charge in [-0.1, -0.05) is 12.1 Å². The first-order valence-corrected chi connectivity index (χ1v) is 5.90. The van der Waals surface area contributed by atoms with Crippen LogP contribution in [-0.2, 0) is 6.42 Å². The molecule has 0 radical (unpaired) electrons. The highest BCUT2D eigenvalue weighted by Crippen LogP contribution is 2.18. The normalized spacial score (nSPS) is 12.9. The second kappa shape index (κ2) is 5.27. The van der Waals surface area contributed by atoms with Crippen molar-refractivity contribution in [2.45, 2.75) is 32.4 Å². The fourth-order valence-electron chi connectivity index (χ4n) is 1.83. The van der Waals surface area contributed by atoms with Crippen LogP contribution in [0.4, 0.5) is 4.39 Å². The van der Waals surface area contributed by atoms with Gasteiger partial charge in [0.2, 0.25) is 0 Å². The van der Waals surface area contributed by atoms with Gasteiger partial charge in [0.1, 0.15) is 18.0 Å². The minimum absolute atomic E-state index is 0.197. The molecule has 18 heavy (non-hydrogen) atoms. The number of aromatic nitrogens is 3. The molecule has 2 rings (SSSR count). The molecule has 1 aromatic heterocycles. The number of aliphatic hydroxyl groups is 1. The first-order valence-electron chi connectivity index (χ1n) is 5.90. The summed E-state index contributed by atoms with van der Waals surface area (Å²) in [6.07, 6.45) is 1.14. The average Bonchev–Trinajstić information content (AvgIpc) is 2.78. The van der Waals surface area contributed by atoms with Crippen LogP contribution >= 0.6 is 0 Å². The quantitative estimate of drug-likeness (QED) is 0.904. The number of hydrogen-bond donors (Lipinski definition) is 1. The van der Waals surface area contributed by atoms with E-state index in [0.29, 0.717) is 12.0 Å². The maximum absolute atomic E-state index is 12.8. The summed E-state index contributed by atoms with van der Waals surface area (Å²) in [5.41, 5.74) is 0.676. The molecule has 0 saturated carbocycles. The molecule has 1 unspecified atom stereocenters. The van der Waals surface area contributed by atoms with E-state index < -0.39 is 6.10 Å². The van der Waals surface area contributed by atoms with Crippen LogP contribution in [0.2, 0.25) is 0 Å². The fraction of sp³-hybridized carbons (Fsp3) is 0.385. The van der Waals surface area contributed by atoms with Crippen LogP contribution < -0.4 is 0 Å². The summed E-state index contributed by atoms with van der Waals surface area (Å²) in [6.45, 7) is 4.00. The highest BCUT2D eigenvalue weighted by molar-refractivity contribution is 5.19. The van der Waals surface area contributed by atoms with Gasteiger partial charge in [-0.15, -0.1) is 0 Å². The first-order chi connectivity index (χ1) is 8.58. The maximum Gasteiger partial charge on any atom is 0.138 e. The molecule has 1 atom stereocenters. The Morgan fingerprint density at radius 3 is 2.56 bits per heavy atom. The Labute approximate surface area is 105 Å². The van der Waals surface area contributed by atoms with Gasteiger partial charge in [0, 0.05) is 12.5 Å². The molecular formula is C13H16FN3O. The number of nitrogens with zero attached hydrogens (tertiary/aromatic N) is 3. The van der Waals surface area contributed by atoms with E-state index in [9.17, 15) is 9.50 Å². The predicted octanol–water partition coefficient (Wildman–Crippen LogP) is 2.27. The van der Waals surface area contributed by atoms with Crippen molar-refractivity contribution in [1.29, 1.82) is 0 Å². The SMILES string of the molecule is CC(C)n1ncnc1CC(O)c1ccc(F)cc1. The van der Waals surface area contributed by atoms with Crippen molar-refractivity contribution in [3.8, 4) is 0 Å². The van der Waals surface area contributed by atoms with Crippen molar-refractivity contribution < 1.29 is 9.50 Å². The molecular weight excluding hydrogens is 233 g/mol. The Kier molecular flexibility index (Phi) is 3.72. The lowest BCUT2D eigenvalue weighted by Gasteiger charge is -2.13. The highest BCUT2D eigenvalue weighted by atomic mass is 19.1. The number of benzene rings is 1. The van der Waals surface area contributed by atoms with Crippen molar-refractivity contribution in [2.24, 2.45) is 0 Å². The van der Waals surface area contributed by atoms with E-state index in [1.54, 1.807) is 16.8 Å². The number of rotatable bonds is 4. The van der Waals surface area contributed by atoms with Crippen LogP contribution in [0.25, 0.3) is 0 Å². The number of hydrogen-bond acceptors (Lipinski definition) is 3. The maximum atomic E-state index is 12.8. The monoisotopic (exact) mass is 249 g/mol. The van der Waals surface area contributed by atoms with Crippen molar-refractivity contribution in [3.05, 3.63) is 47.8 Å². The molecule has 1 N–H and O–H groups in total. The standard InChI is InChI=1S/C13H16FN3O/c1-9(2)17-13(15-8-16-17)7-12(18)10-3-5-11(14)6-4-10/h3-6,8-9,12,18H,7H2,1-2H3. The van der Waals surface area contributed by atoms with Gasteiger partial charge in [0.25, 0.3) is 0 Å². The number of aliphatic hydroxyl groups excluding tert-OH is 1. The summed E-state index contributed by atoms with van der Waals surface area (Å²) in [4.78, 5) is 4.14. The van der Waals surface area contributed by atoms with Crippen molar-refractivity contribution in [1.82, 2.24) is 14.8 Å². The van der Waals surface area contributed by atoms with Gasteiger partial charge >= 0.3 is 0 Å². The summed E-state index contributed by atoms with van der Waals surface area (Å²) in [5, 5.41) is 14.2. The van der Waals surface area contributed by atoms with Gasteiger partial charge < -0.3 is 5.11 Å². The number of halogens is 1. The van der Waals surface area contributed by atoms with E-state index >= 15 is 0 Å². The summed E-state index contributed by atoms with van der Waals surface area (Å²) < 4.78 is 14.6. The fourth-order valence-corrected chi connectivity index (χ4v) is 1.83. The smallest absolute Gasteiger partial charge is 0.138 e. The van der Waals surface area contributed by atoms with Crippen LogP contribution in [0.3, 0.4) is 0 Å². The van der Waals surface area contributed by atoms with E-state index in [4.69, 9.17) is 0 Å². The third kappa shape index (κ3) is 2.73. The van der Waals surface area contributed by atoms with Gasteiger partial charge in [0.05, 0.1) is 6.10 Å². The topological polar surface area (TPSA) is 50.9 Å². The van der Waals surface area contributed by atoms with Gasteiger partial charge in [-0.2, -0.15) is 5.10 Å². The first kappa shape index (κ1) is 12.7. The van der Waals surface area contributed by atoms with E-state index in [0.717, 1.165) is 5.82 Å². The van der Waals surface area contributed by atoms with Crippen LogP contribution in [0.1, 0.15) is 37.4 Å². The minimum atomic E-state index is -0.702. The zero-order valence-corrected chi connectivity index (χ0v) is 10.4. The molecule has 0 fully saturated rings. The second-order valence-corrected chi connectivity index (χ2v) is 4.49. The molecule has 1 aromatic carbocycles. The van der Waals surface area contributed by atoms with Crippen LogP contribution in [0.5, 0.6) is 0 Å². The Morgan fingerprint density at radius 2 is 1.94 bits per heavy atom. The lowest BCUT2D eigenvalue weighted by atomic mass is 10.1. The largest absolute Gasteiger partial charge is 0.388 e. The van der Waals surface area contributed by atoms with Crippen molar-refractivity contribution in [2.75, 3.05) is 0 Å². The van der Waals surface area contributed by atoms with E-state index in [1.165, 1.54) is 18.5 Å². The van der Waals surface area contributed by atoms with E-state index in [1.807, 2.05) is 13.8 Å². The molecule has 0 saturated heterocycles. The van der Waals surface area contributed by atoms with Crippen LogP contribution in [-0.4, -0.2) is 19.9 Å². The summed E-state index contributed by atoms with van der Waals surface area (Å²) in [5.74, 6) is 0.415. The zero-order valence-electron chi connectivity index (χ0n) is 10.4. The Morgan fingerprint density at radius 1 is 1.28 bits per heavy atom. The molecule has 96 valence electrons. The predicted molar refractivity (Wildman–Crippen MR) is 65.5 cm³/mol. The van der Waals surface area contributed by atoms with Crippen LogP contribution in [0.15, 0.2) is 30.6 Å². The van der Waals surface area contributed by atoms with E-state index in [2.05, 4.69) is 10.1 Å². The lowest BCUT2D eigenvalue weighted by molar-refractivity contribution is 0.173. The molecule has 2 aromatic rings. The molecule has 4 nitrogen and oxygen atoms in total. The van der Waals surface area contributed by atoms with Crippen LogP contribution in [0, 0.1) is 5.82 Å². The van der Waals surface area contributed by atoms with Gasteiger partial charge in [-0.05, 0) is 31.5 Å².